The summed E-state index contributed by atoms with van der Waals surface area (Å²) in [5.74, 6) is 1.59. The summed E-state index contributed by atoms with van der Waals surface area (Å²) >= 11 is 0. The summed E-state index contributed by atoms with van der Waals surface area (Å²) in [5.41, 5.74) is 8.04. The van der Waals surface area contributed by atoms with Gasteiger partial charge in [-0.05, 0) is 32.3 Å². The second-order valence-corrected chi connectivity index (χ2v) is 4.87. The molecule has 2 heteroatoms. The Kier molecular flexibility index (Phi) is 4.81. The molecule has 1 unspecified atom stereocenters. The van der Waals surface area contributed by atoms with Crippen LogP contribution in [0.2, 0.25) is 0 Å². The molecular formula is C14H23NO. The molecule has 0 amide bonds. The summed E-state index contributed by atoms with van der Waals surface area (Å²) in [6, 6.07) is 6.18. The SMILES string of the molecule is Cc1ccc(OC(C)CC(C)C)c(CN)c1. The number of rotatable bonds is 5. The Morgan fingerprint density at radius 1 is 1.25 bits per heavy atom. The van der Waals surface area contributed by atoms with Gasteiger partial charge >= 0.3 is 0 Å². The van der Waals surface area contributed by atoms with E-state index in [1.54, 1.807) is 0 Å². The average molecular weight is 221 g/mol. The Labute approximate surface area is 98.8 Å². The Hall–Kier alpha value is -1.02. The van der Waals surface area contributed by atoms with E-state index in [-0.39, 0.29) is 6.10 Å². The molecular weight excluding hydrogens is 198 g/mol. The van der Waals surface area contributed by atoms with Crippen LogP contribution in [-0.4, -0.2) is 6.10 Å². The van der Waals surface area contributed by atoms with Crippen LogP contribution in [0.4, 0.5) is 0 Å². The zero-order valence-corrected chi connectivity index (χ0v) is 10.8. The van der Waals surface area contributed by atoms with Crippen molar-refractivity contribution in [1.82, 2.24) is 0 Å². The summed E-state index contributed by atoms with van der Waals surface area (Å²) in [6.07, 6.45) is 1.31. The first-order valence-electron chi connectivity index (χ1n) is 5.99. The first kappa shape index (κ1) is 13.0. The van der Waals surface area contributed by atoms with Gasteiger partial charge in [-0.25, -0.2) is 0 Å². The van der Waals surface area contributed by atoms with Crippen molar-refractivity contribution >= 4 is 0 Å². The van der Waals surface area contributed by atoms with Crippen molar-refractivity contribution in [2.24, 2.45) is 11.7 Å². The van der Waals surface area contributed by atoms with Gasteiger partial charge in [0.05, 0.1) is 6.10 Å². The van der Waals surface area contributed by atoms with Gasteiger partial charge in [0.15, 0.2) is 0 Å². The van der Waals surface area contributed by atoms with Gasteiger partial charge in [0.25, 0.3) is 0 Å². The van der Waals surface area contributed by atoms with E-state index in [0.717, 1.165) is 17.7 Å². The number of hydrogen-bond acceptors (Lipinski definition) is 2. The number of benzene rings is 1. The molecule has 0 spiro atoms. The number of nitrogens with two attached hydrogens (primary N) is 1. The average Bonchev–Trinajstić information content (AvgIpc) is 2.19. The lowest BCUT2D eigenvalue weighted by Gasteiger charge is -2.19. The van der Waals surface area contributed by atoms with Crippen molar-refractivity contribution in [1.29, 1.82) is 0 Å². The summed E-state index contributed by atoms with van der Waals surface area (Å²) in [6.45, 7) is 9.13. The molecule has 0 saturated heterocycles. The van der Waals surface area contributed by atoms with Crippen LogP contribution in [0.3, 0.4) is 0 Å². The van der Waals surface area contributed by atoms with Gasteiger partial charge < -0.3 is 10.5 Å². The zero-order chi connectivity index (χ0) is 12.1. The molecule has 2 nitrogen and oxygen atoms in total. The van der Waals surface area contributed by atoms with Crippen molar-refractivity contribution in [3.8, 4) is 5.75 Å². The monoisotopic (exact) mass is 221 g/mol. The molecule has 0 radical (unpaired) electrons. The van der Waals surface area contributed by atoms with E-state index in [0.29, 0.717) is 12.5 Å². The Bertz CT molecular complexity index is 334. The lowest BCUT2D eigenvalue weighted by molar-refractivity contribution is 0.191. The molecule has 0 aliphatic carbocycles. The van der Waals surface area contributed by atoms with Gasteiger partial charge in [-0.1, -0.05) is 31.5 Å². The van der Waals surface area contributed by atoms with E-state index in [1.165, 1.54) is 5.56 Å². The molecule has 16 heavy (non-hydrogen) atoms. The van der Waals surface area contributed by atoms with Crippen molar-refractivity contribution in [3.05, 3.63) is 29.3 Å². The largest absolute Gasteiger partial charge is 0.490 e. The third kappa shape index (κ3) is 3.86. The van der Waals surface area contributed by atoms with E-state index >= 15 is 0 Å². The van der Waals surface area contributed by atoms with E-state index in [1.807, 2.05) is 6.07 Å². The normalized spacial score (nSPS) is 12.9. The fraction of sp³-hybridized carbons (Fsp3) is 0.571. The van der Waals surface area contributed by atoms with Gasteiger partial charge in [-0.2, -0.15) is 0 Å². The van der Waals surface area contributed by atoms with E-state index in [2.05, 4.69) is 39.8 Å². The van der Waals surface area contributed by atoms with Crippen LogP contribution in [0, 0.1) is 12.8 Å². The Balaban J connectivity index is 2.72. The smallest absolute Gasteiger partial charge is 0.124 e. The van der Waals surface area contributed by atoms with Gasteiger partial charge in [0.2, 0.25) is 0 Å². The van der Waals surface area contributed by atoms with Crippen molar-refractivity contribution < 1.29 is 4.74 Å². The summed E-state index contributed by atoms with van der Waals surface area (Å²) in [5, 5.41) is 0. The maximum absolute atomic E-state index is 5.92. The predicted octanol–water partition coefficient (Wildman–Crippen LogP) is 3.27. The molecule has 0 aliphatic heterocycles. The van der Waals surface area contributed by atoms with Crippen LogP contribution in [0.25, 0.3) is 0 Å². The van der Waals surface area contributed by atoms with Crippen LogP contribution in [0.5, 0.6) is 5.75 Å². The lowest BCUT2D eigenvalue weighted by atomic mass is 10.1. The molecule has 1 rings (SSSR count). The molecule has 1 aromatic rings. The van der Waals surface area contributed by atoms with Gasteiger partial charge in [0.1, 0.15) is 5.75 Å². The van der Waals surface area contributed by atoms with Crippen molar-refractivity contribution in [2.75, 3.05) is 0 Å². The van der Waals surface area contributed by atoms with Crippen LogP contribution < -0.4 is 10.5 Å². The van der Waals surface area contributed by atoms with E-state index in [9.17, 15) is 0 Å². The summed E-state index contributed by atoms with van der Waals surface area (Å²) < 4.78 is 5.92. The summed E-state index contributed by atoms with van der Waals surface area (Å²) in [7, 11) is 0. The van der Waals surface area contributed by atoms with Crippen LogP contribution in [0.15, 0.2) is 18.2 Å². The highest BCUT2D eigenvalue weighted by atomic mass is 16.5. The third-order valence-electron chi connectivity index (χ3n) is 2.57. The Morgan fingerprint density at radius 2 is 1.94 bits per heavy atom. The molecule has 0 fully saturated rings. The molecule has 0 bridgehead atoms. The number of aryl methyl sites for hydroxylation is 1. The third-order valence-corrected chi connectivity index (χ3v) is 2.57. The maximum Gasteiger partial charge on any atom is 0.124 e. The highest BCUT2D eigenvalue weighted by Crippen LogP contribution is 2.22. The van der Waals surface area contributed by atoms with Crippen molar-refractivity contribution in [2.45, 2.75) is 46.8 Å². The standard InChI is InChI=1S/C14H23NO/c1-10(2)7-12(4)16-14-6-5-11(3)8-13(14)9-15/h5-6,8,10,12H,7,9,15H2,1-4H3. The predicted molar refractivity (Wildman–Crippen MR) is 68.6 cm³/mol. The quantitative estimate of drug-likeness (QED) is 0.828. The molecule has 0 heterocycles. The minimum absolute atomic E-state index is 0.244. The maximum atomic E-state index is 5.92. The molecule has 90 valence electrons. The minimum atomic E-state index is 0.244. The highest BCUT2D eigenvalue weighted by molar-refractivity contribution is 5.36. The molecule has 0 saturated carbocycles. The molecule has 2 N–H and O–H groups in total. The number of hydrogen-bond donors (Lipinski definition) is 1. The van der Waals surface area contributed by atoms with Gasteiger partial charge in [-0.3, -0.25) is 0 Å². The topological polar surface area (TPSA) is 35.2 Å². The van der Waals surface area contributed by atoms with Gasteiger partial charge in [-0.15, -0.1) is 0 Å². The molecule has 0 aliphatic rings. The number of ether oxygens (including phenoxy) is 1. The van der Waals surface area contributed by atoms with Crippen LogP contribution >= 0.6 is 0 Å². The Morgan fingerprint density at radius 3 is 2.50 bits per heavy atom. The molecule has 0 aromatic heterocycles. The van der Waals surface area contributed by atoms with E-state index < -0.39 is 0 Å². The zero-order valence-electron chi connectivity index (χ0n) is 10.8. The fourth-order valence-electron chi connectivity index (χ4n) is 1.91. The minimum Gasteiger partial charge on any atom is -0.490 e. The molecule has 1 aromatic carbocycles. The van der Waals surface area contributed by atoms with Crippen LogP contribution in [0.1, 0.15) is 38.3 Å². The summed E-state index contributed by atoms with van der Waals surface area (Å²) in [4.78, 5) is 0. The fourth-order valence-corrected chi connectivity index (χ4v) is 1.91. The first-order chi connectivity index (χ1) is 7.52. The highest BCUT2D eigenvalue weighted by Gasteiger charge is 2.09. The first-order valence-corrected chi connectivity index (χ1v) is 5.99. The lowest BCUT2D eigenvalue weighted by Crippen LogP contribution is -2.16. The second kappa shape index (κ2) is 5.90. The molecule has 1 atom stereocenters. The second-order valence-electron chi connectivity index (χ2n) is 4.87. The van der Waals surface area contributed by atoms with Crippen LogP contribution in [-0.2, 0) is 6.54 Å². The van der Waals surface area contributed by atoms with E-state index in [4.69, 9.17) is 10.5 Å². The van der Waals surface area contributed by atoms with Gasteiger partial charge in [0, 0.05) is 12.1 Å². The van der Waals surface area contributed by atoms with Crippen molar-refractivity contribution in [3.63, 3.8) is 0 Å².